The van der Waals surface area contributed by atoms with Crippen LogP contribution in [0.1, 0.15) is 12.8 Å². The zero-order valence-corrected chi connectivity index (χ0v) is 4.52. The summed E-state index contributed by atoms with van der Waals surface area (Å²) < 4.78 is 0. The predicted molar refractivity (Wildman–Crippen MR) is 29.6 cm³/mol. The molecule has 0 aromatic carbocycles. The standard InChI is InChI=1S/C5H10N2/c1-7(4-6)5-2-3-5/h4-6H,2-3H2,1H3. The van der Waals surface area contributed by atoms with Crippen molar-refractivity contribution < 1.29 is 0 Å². The molecule has 2 nitrogen and oxygen atoms in total. The molecule has 0 aromatic rings. The van der Waals surface area contributed by atoms with E-state index < -0.39 is 0 Å². The van der Waals surface area contributed by atoms with E-state index in [1.54, 1.807) is 0 Å². The lowest BCUT2D eigenvalue weighted by molar-refractivity contribution is 0.508. The minimum atomic E-state index is 0.706. The fourth-order valence-corrected chi connectivity index (χ4v) is 0.587. The van der Waals surface area contributed by atoms with Crippen molar-refractivity contribution in [2.75, 3.05) is 7.05 Å². The molecule has 0 spiro atoms. The summed E-state index contributed by atoms with van der Waals surface area (Å²) in [5, 5.41) is 6.78. The van der Waals surface area contributed by atoms with Crippen molar-refractivity contribution in [3.05, 3.63) is 0 Å². The van der Waals surface area contributed by atoms with Crippen molar-refractivity contribution in [2.24, 2.45) is 0 Å². The summed E-state index contributed by atoms with van der Waals surface area (Å²) in [6, 6.07) is 0.706. The minimum Gasteiger partial charge on any atom is -0.363 e. The Labute approximate surface area is 43.6 Å². The van der Waals surface area contributed by atoms with Gasteiger partial charge in [0.05, 0.1) is 6.34 Å². The SMILES string of the molecule is CN(C=N)C1CC1. The normalized spacial score (nSPS) is 19.0. The first-order valence-electron chi connectivity index (χ1n) is 2.57. The number of rotatable bonds is 2. The molecule has 0 amide bonds. The molecule has 7 heavy (non-hydrogen) atoms. The molecular weight excluding hydrogens is 88.1 g/mol. The molecular formula is C5H10N2. The van der Waals surface area contributed by atoms with Gasteiger partial charge in [0.1, 0.15) is 0 Å². The van der Waals surface area contributed by atoms with Crippen LogP contribution in [0.2, 0.25) is 0 Å². The van der Waals surface area contributed by atoms with Crippen LogP contribution in [0.25, 0.3) is 0 Å². The van der Waals surface area contributed by atoms with Crippen LogP contribution in [-0.4, -0.2) is 24.3 Å². The molecule has 0 atom stereocenters. The third-order valence-electron chi connectivity index (χ3n) is 1.33. The Morgan fingerprint density at radius 3 is 2.43 bits per heavy atom. The lowest BCUT2D eigenvalue weighted by atomic mass is 10.6. The zero-order valence-electron chi connectivity index (χ0n) is 4.52. The number of hydrogen-bond donors (Lipinski definition) is 1. The van der Waals surface area contributed by atoms with Crippen molar-refractivity contribution in [3.63, 3.8) is 0 Å². The van der Waals surface area contributed by atoms with Gasteiger partial charge in [0.2, 0.25) is 0 Å². The first kappa shape index (κ1) is 4.62. The average molecular weight is 98.1 g/mol. The van der Waals surface area contributed by atoms with E-state index >= 15 is 0 Å². The molecule has 0 unspecified atom stereocenters. The molecule has 0 aliphatic heterocycles. The topological polar surface area (TPSA) is 27.1 Å². The Bertz CT molecular complexity index is 76.1. The number of nitrogens with one attached hydrogen (secondary N) is 1. The average Bonchev–Trinajstić information content (AvgIpc) is 2.44. The summed E-state index contributed by atoms with van der Waals surface area (Å²) in [5.74, 6) is 0. The quantitative estimate of drug-likeness (QED) is 0.399. The molecule has 2 heteroatoms. The summed E-state index contributed by atoms with van der Waals surface area (Å²) in [5.41, 5.74) is 0. The monoisotopic (exact) mass is 98.1 g/mol. The van der Waals surface area contributed by atoms with Gasteiger partial charge in [0.15, 0.2) is 0 Å². The van der Waals surface area contributed by atoms with E-state index in [-0.39, 0.29) is 0 Å². The van der Waals surface area contributed by atoms with Gasteiger partial charge in [0.25, 0.3) is 0 Å². The molecule has 0 heterocycles. The van der Waals surface area contributed by atoms with E-state index in [0.29, 0.717) is 6.04 Å². The van der Waals surface area contributed by atoms with Gasteiger partial charge in [-0.2, -0.15) is 0 Å². The largest absolute Gasteiger partial charge is 0.363 e. The molecule has 1 aliphatic rings. The Hall–Kier alpha value is -0.530. The maximum atomic E-state index is 6.78. The third-order valence-corrected chi connectivity index (χ3v) is 1.33. The van der Waals surface area contributed by atoms with Crippen molar-refractivity contribution >= 4 is 6.34 Å². The van der Waals surface area contributed by atoms with Crippen molar-refractivity contribution in [1.82, 2.24) is 4.90 Å². The van der Waals surface area contributed by atoms with Gasteiger partial charge in [-0.3, -0.25) is 5.41 Å². The third kappa shape index (κ3) is 0.918. The van der Waals surface area contributed by atoms with Crippen LogP contribution in [0.5, 0.6) is 0 Å². The molecule has 1 N–H and O–H groups in total. The van der Waals surface area contributed by atoms with Crippen molar-refractivity contribution in [3.8, 4) is 0 Å². The van der Waals surface area contributed by atoms with E-state index in [1.165, 1.54) is 19.2 Å². The van der Waals surface area contributed by atoms with Gasteiger partial charge < -0.3 is 4.90 Å². The zero-order chi connectivity index (χ0) is 5.28. The Morgan fingerprint density at radius 2 is 2.29 bits per heavy atom. The van der Waals surface area contributed by atoms with Crippen LogP contribution in [0, 0.1) is 5.41 Å². The van der Waals surface area contributed by atoms with Gasteiger partial charge in [-0.25, -0.2) is 0 Å². The molecule has 40 valence electrons. The predicted octanol–water partition coefficient (Wildman–Crippen LogP) is 0.688. The van der Waals surface area contributed by atoms with Crippen LogP contribution in [0.15, 0.2) is 0 Å². The van der Waals surface area contributed by atoms with Gasteiger partial charge in [-0.05, 0) is 12.8 Å². The van der Waals surface area contributed by atoms with E-state index in [1.807, 2.05) is 11.9 Å². The Morgan fingerprint density at radius 1 is 1.71 bits per heavy atom. The summed E-state index contributed by atoms with van der Waals surface area (Å²) in [6.07, 6.45) is 3.95. The Balaban J connectivity index is 2.22. The molecule has 1 aliphatic carbocycles. The molecule has 1 saturated carbocycles. The number of hydrogen-bond acceptors (Lipinski definition) is 1. The summed E-state index contributed by atoms with van der Waals surface area (Å²) >= 11 is 0. The second kappa shape index (κ2) is 1.52. The molecule has 0 aromatic heterocycles. The van der Waals surface area contributed by atoms with Crippen LogP contribution in [0.3, 0.4) is 0 Å². The second-order valence-electron chi connectivity index (χ2n) is 2.03. The van der Waals surface area contributed by atoms with Gasteiger partial charge in [0, 0.05) is 13.1 Å². The van der Waals surface area contributed by atoms with Gasteiger partial charge in [-0.15, -0.1) is 0 Å². The summed E-state index contributed by atoms with van der Waals surface area (Å²) in [6.45, 7) is 0. The van der Waals surface area contributed by atoms with E-state index in [2.05, 4.69) is 0 Å². The lowest BCUT2D eigenvalue weighted by Gasteiger charge is -2.07. The molecule has 1 fully saturated rings. The fourth-order valence-electron chi connectivity index (χ4n) is 0.587. The first-order valence-corrected chi connectivity index (χ1v) is 2.57. The molecule has 0 bridgehead atoms. The second-order valence-corrected chi connectivity index (χ2v) is 2.03. The van der Waals surface area contributed by atoms with E-state index in [9.17, 15) is 0 Å². The van der Waals surface area contributed by atoms with Gasteiger partial charge >= 0.3 is 0 Å². The molecule has 0 radical (unpaired) electrons. The van der Waals surface area contributed by atoms with Crippen LogP contribution < -0.4 is 0 Å². The lowest BCUT2D eigenvalue weighted by Crippen LogP contribution is -2.16. The fraction of sp³-hybridized carbons (Fsp3) is 0.800. The summed E-state index contributed by atoms with van der Waals surface area (Å²) in [4.78, 5) is 1.94. The molecule has 1 rings (SSSR count). The highest BCUT2D eigenvalue weighted by molar-refractivity contribution is 5.51. The smallest absolute Gasteiger partial charge is 0.0817 e. The highest BCUT2D eigenvalue weighted by Crippen LogP contribution is 2.23. The van der Waals surface area contributed by atoms with Crippen molar-refractivity contribution in [1.29, 1.82) is 5.41 Å². The van der Waals surface area contributed by atoms with E-state index in [0.717, 1.165) is 0 Å². The highest BCUT2D eigenvalue weighted by atomic mass is 15.2. The van der Waals surface area contributed by atoms with Crippen LogP contribution >= 0.6 is 0 Å². The highest BCUT2D eigenvalue weighted by Gasteiger charge is 2.23. The van der Waals surface area contributed by atoms with Gasteiger partial charge in [-0.1, -0.05) is 0 Å². The van der Waals surface area contributed by atoms with Crippen LogP contribution in [0.4, 0.5) is 0 Å². The van der Waals surface area contributed by atoms with Crippen molar-refractivity contribution in [2.45, 2.75) is 18.9 Å². The first-order chi connectivity index (χ1) is 3.34. The minimum absolute atomic E-state index is 0.706. The maximum Gasteiger partial charge on any atom is 0.0817 e. The summed E-state index contributed by atoms with van der Waals surface area (Å²) in [7, 11) is 1.95. The van der Waals surface area contributed by atoms with Crippen LogP contribution in [-0.2, 0) is 0 Å². The molecule has 0 saturated heterocycles. The maximum absolute atomic E-state index is 6.78. The van der Waals surface area contributed by atoms with E-state index in [4.69, 9.17) is 5.41 Å². The Kier molecular flexibility index (Phi) is 1.01. The number of nitrogens with zero attached hydrogens (tertiary/aromatic N) is 1.